The van der Waals surface area contributed by atoms with E-state index in [1.165, 1.54) is 38.8 Å². The fraction of sp³-hybridized carbons (Fsp3) is 0.800. The molecule has 100 valence electrons. The summed E-state index contributed by atoms with van der Waals surface area (Å²) in [4.78, 5) is 16.0. The Morgan fingerprint density at radius 3 is 2.56 bits per heavy atom. The summed E-state index contributed by atoms with van der Waals surface area (Å²) in [7, 11) is 0. The largest absolute Gasteiger partial charge is 0.329 e. The molecule has 0 spiro atoms. The van der Waals surface area contributed by atoms with E-state index in [2.05, 4.69) is 16.7 Å². The average molecular weight is 248 g/mol. The van der Waals surface area contributed by atoms with Crippen LogP contribution in [0.1, 0.15) is 45.4 Å². The third-order valence-corrected chi connectivity index (χ3v) is 3.93. The van der Waals surface area contributed by atoms with Crippen LogP contribution in [-0.4, -0.2) is 47.9 Å². The number of rotatable bonds is 1. The monoisotopic (exact) mass is 248 g/mol. The molecule has 0 unspecified atom stereocenters. The molecule has 3 nitrogen and oxygen atoms in total. The minimum atomic E-state index is 0.160. The summed E-state index contributed by atoms with van der Waals surface area (Å²) < 4.78 is 0. The molecule has 2 aliphatic heterocycles. The van der Waals surface area contributed by atoms with Crippen LogP contribution in [-0.2, 0) is 4.79 Å². The maximum absolute atomic E-state index is 11.6. The highest BCUT2D eigenvalue weighted by Crippen LogP contribution is 2.16. The van der Waals surface area contributed by atoms with Crippen molar-refractivity contribution < 1.29 is 4.79 Å². The van der Waals surface area contributed by atoms with Crippen LogP contribution in [0.5, 0.6) is 0 Å². The van der Waals surface area contributed by atoms with E-state index in [0.29, 0.717) is 0 Å². The molecule has 0 aromatic carbocycles. The van der Waals surface area contributed by atoms with E-state index in [0.717, 1.165) is 25.9 Å². The van der Waals surface area contributed by atoms with Gasteiger partial charge in [0.2, 0.25) is 5.91 Å². The SMILES string of the molecule is CC(=O)N1CCCCC[C@@H]1C#CCN1CCCC1. The Kier molecular flexibility index (Phi) is 5.07. The molecule has 2 heterocycles. The lowest BCUT2D eigenvalue weighted by Gasteiger charge is -2.24. The molecular formula is C15H24N2O. The van der Waals surface area contributed by atoms with Crippen molar-refractivity contribution in [3.63, 3.8) is 0 Å². The number of likely N-dealkylation sites (tertiary alicyclic amines) is 2. The summed E-state index contributed by atoms with van der Waals surface area (Å²) in [5.41, 5.74) is 0. The second-order valence-electron chi connectivity index (χ2n) is 5.38. The molecule has 0 bridgehead atoms. The second-order valence-corrected chi connectivity index (χ2v) is 5.38. The molecule has 2 fully saturated rings. The van der Waals surface area contributed by atoms with Crippen LogP contribution in [0.4, 0.5) is 0 Å². The first-order valence-corrected chi connectivity index (χ1v) is 7.25. The standard InChI is InChI=1S/C15H24N2O/c1-14(18)17-13-4-2-3-8-15(17)9-7-12-16-10-5-6-11-16/h15H,2-6,8,10-13H2,1H3/t15-/m1/s1. The topological polar surface area (TPSA) is 23.6 Å². The van der Waals surface area contributed by atoms with Gasteiger partial charge in [0.05, 0.1) is 12.6 Å². The number of hydrogen-bond donors (Lipinski definition) is 0. The molecule has 3 heteroatoms. The van der Waals surface area contributed by atoms with Crippen LogP contribution in [0.3, 0.4) is 0 Å². The smallest absolute Gasteiger partial charge is 0.220 e. The van der Waals surface area contributed by atoms with Crippen molar-refractivity contribution >= 4 is 5.91 Å². The van der Waals surface area contributed by atoms with Crippen LogP contribution >= 0.6 is 0 Å². The van der Waals surface area contributed by atoms with Crippen molar-refractivity contribution in [3.8, 4) is 11.8 Å². The van der Waals surface area contributed by atoms with E-state index < -0.39 is 0 Å². The Balaban J connectivity index is 1.91. The van der Waals surface area contributed by atoms with Gasteiger partial charge in [0.25, 0.3) is 0 Å². The maximum atomic E-state index is 11.6. The van der Waals surface area contributed by atoms with Crippen molar-refractivity contribution in [1.82, 2.24) is 9.80 Å². The summed E-state index contributed by atoms with van der Waals surface area (Å²) >= 11 is 0. The zero-order valence-corrected chi connectivity index (χ0v) is 11.5. The van der Waals surface area contributed by atoms with Gasteiger partial charge in [0.1, 0.15) is 0 Å². The minimum absolute atomic E-state index is 0.160. The number of hydrogen-bond acceptors (Lipinski definition) is 2. The molecule has 2 aliphatic rings. The van der Waals surface area contributed by atoms with Crippen molar-refractivity contribution in [2.45, 2.75) is 51.5 Å². The van der Waals surface area contributed by atoms with Gasteiger partial charge in [-0.15, -0.1) is 0 Å². The first-order valence-electron chi connectivity index (χ1n) is 7.25. The van der Waals surface area contributed by atoms with Crippen molar-refractivity contribution in [2.75, 3.05) is 26.2 Å². The van der Waals surface area contributed by atoms with Gasteiger partial charge in [-0.1, -0.05) is 24.7 Å². The van der Waals surface area contributed by atoms with E-state index in [4.69, 9.17) is 0 Å². The van der Waals surface area contributed by atoms with E-state index >= 15 is 0 Å². The fourth-order valence-corrected chi connectivity index (χ4v) is 2.85. The van der Waals surface area contributed by atoms with Crippen LogP contribution in [0.15, 0.2) is 0 Å². The zero-order valence-electron chi connectivity index (χ0n) is 11.5. The van der Waals surface area contributed by atoms with E-state index in [1.54, 1.807) is 6.92 Å². The third-order valence-electron chi connectivity index (χ3n) is 3.93. The molecule has 1 atom stereocenters. The van der Waals surface area contributed by atoms with Gasteiger partial charge in [0.15, 0.2) is 0 Å². The van der Waals surface area contributed by atoms with Crippen LogP contribution in [0.25, 0.3) is 0 Å². The lowest BCUT2D eigenvalue weighted by molar-refractivity contribution is -0.129. The molecule has 2 saturated heterocycles. The normalized spacial score (nSPS) is 25.4. The van der Waals surface area contributed by atoms with Gasteiger partial charge in [-0.3, -0.25) is 9.69 Å². The van der Waals surface area contributed by atoms with Gasteiger partial charge in [-0.25, -0.2) is 0 Å². The highest BCUT2D eigenvalue weighted by atomic mass is 16.2. The minimum Gasteiger partial charge on any atom is -0.329 e. The predicted molar refractivity (Wildman–Crippen MR) is 73.1 cm³/mol. The molecular weight excluding hydrogens is 224 g/mol. The van der Waals surface area contributed by atoms with Gasteiger partial charge in [-0.2, -0.15) is 0 Å². The molecule has 1 amide bonds. The predicted octanol–water partition coefficient (Wildman–Crippen LogP) is 1.88. The number of nitrogens with zero attached hydrogens (tertiary/aromatic N) is 2. The molecule has 18 heavy (non-hydrogen) atoms. The Bertz CT molecular complexity index is 336. The Morgan fingerprint density at radius 1 is 1.11 bits per heavy atom. The van der Waals surface area contributed by atoms with Crippen molar-refractivity contribution in [2.24, 2.45) is 0 Å². The number of carbonyl (C=O) groups excluding carboxylic acids is 1. The van der Waals surface area contributed by atoms with Gasteiger partial charge in [-0.05, 0) is 38.8 Å². The van der Waals surface area contributed by atoms with Gasteiger partial charge >= 0.3 is 0 Å². The summed E-state index contributed by atoms with van der Waals surface area (Å²) in [6.45, 7) is 5.81. The maximum Gasteiger partial charge on any atom is 0.220 e. The van der Waals surface area contributed by atoms with E-state index in [9.17, 15) is 4.79 Å². The lowest BCUT2D eigenvalue weighted by atomic mass is 10.1. The van der Waals surface area contributed by atoms with Crippen molar-refractivity contribution in [1.29, 1.82) is 0 Å². The van der Waals surface area contributed by atoms with E-state index in [-0.39, 0.29) is 11.9 Å². The Hall–Kier alpha value is -1.01. The summed E-state index contributed by atoms with van der Waals surface area (Å²) in [5.74, 6) is 6.80. The van der Waals surface area contributed by atoms with E-state index in [1.807, 2.05) is 4.90 Å². The molecule has 0 saturated carbocycles. The molecule has 0 aliphatic carbocycles. The Morgan fingerprint density at radius 2 is 1.83 bits per heavy atom. The van der Waals surface area contributed by atoms with Crippen LogP contribution < -0.4 is 0 Å². The molecule has 2 rings (SSSR count). The Labute approximate surface area is 111 Å². The lowest BCUT2D eigenvalue weighted by Crippen LogP contribution is -2.37. The zero-order chi connectivity index (χ0) is 12.8. The van der Waals surface area contributed by atoms with Crippen LogP contribution in [0, 0.1) is 11.8 Å². The van der Waals surface area contributed by atoms with Crippen LogP contribution in [0.2, 0.25) is 0 Å². The summed E-state index contributed by atoms with van der Waals surface area (Å²) in [6.07, 6.45) is 7.23. The second kappa shape index (κ2) is 6.80. The molecule has 0 aromatic rings. The molecule has 0 N–H and O–H groups in total. The highest BCUT2D eigenvalue weighted by Gasteiger charge is 2.21. The third kappa shape index (κ3) is 3.74. The quantitative estimate of drug-likeness (QED) is 0.662. The first kappa shape index (κ1) is 13.4. The average Bonchev–Trinajstić information content (AvgIpc) is 2.73. The van der Waals surface area contributed by atoms with Crippen molar-refractivity contribution in [3.05, 3.63) is 0 Å². The molecule has 0 radical (unpaired) electrons. The number of carbonyl (C=O) groups is 1. The van der Waals surface area contributed by atoms with Gasteiger partial charge < -0.3 is 4.90 Å². The summed E-state index contributed by atoms with van der Waals surface area (Å²) in [5, 5.41) is 0. The number of amides is 1. The highest BCUT2D eigenvalue weighted by molar-refractivity contribution is 5.74. The van der Waals surface area contributed by atoms with Gasteiger partial charge in [0, 0.05) is 13.5 Å². The first-order chi connectivity index (χ1) is 8.77. The molecule has 0 aromatic heterocycles. The summed E-state index contributed by atoms with van der Waals surface area (Å²) in [6, 6.07) is 0.160. The fourth-order valence-electron chi connectivity index (χ4n) is 2.85.